The quantitative estimate of drug-likeness (QED) is 0.441. The Hall–Kier alpha value is -2.85. The van der Waals surface area contributed by atoms with Gasteiger partial charge in [0.15, 0.2) is 0 Å². The third-order valence-electron chi connectivity index (χ3n) is 8.45. The Kier molecular flexibility index (Phi) is 9.53. The molecule has 0 spiro atoms. The van der Waals surface area contributed by atoms with Crippen molar-refractivity contribution in [3.8, 4) is 0 Å². The summed E-state index contributed by atoms with van der Waals surface area (Å²) in [4.78, 5) is 34.6. The van der Waals surface area contributed by atoms with E-state index in [9.17, 15) is 27.9 Å². The van der Waals surface area contributed by atoms with Gasteiger partial charge in [0.05, 0.1) is 5.56 Å². The summed E-state index contributed by atoms with van der Waals surface area (Å²) in [6, 6.07) is 9.08. The van der Waals surface area contributed by atoms with Gasteiger partial charge in [-0.2, -0.15) is 13.2 Å². The van der Waals surface area contributed by atoms with E-state index >= 15 is 0 Å². The van der Waals surface area contributed by atoms with Gasteiger partial charge in [-0.3, -0.25) is 9.59 Å². The highest BCUT2D eigenvalue weighted by Gasteiger charge is 2.62. The van der Waals surface area contributed by atoms with Crippen LogP contribution >= 0.6 is 11.6 Å². The monoisotopic (exact) mass is 594 g/mol. The van der Waals surface area contributed by atoms with Crippen molar-refractivity contribution in [2.24, 2.45) is 11.8 Å². The number of carbonyl (C=O) groups is 2. The van der Waals surface area contributed by atoms with Gasteiger partial charge >= 0.3 is 6.18 Å². The van der Waals surface area contributed by atoms with Gasteiger partial charge in [0.1, 0.15) is 11.0 Å². The van der Waals surface area contributed by atoms with Gasteiger partial charge in [-0.15, -0.1) is 0 Å². The Bertz CT molecular complexity index is 1240. The molecule has 2 aromatic rings. The number of anilines is 1. The number of carbonyl (C=O) groups excluding carboxylic acids is 2. The molecule has 1 aromatic heterocycles. The van der Waals surface area contributed by atoms with Crippen molar-refractivity contribution in [1.82, 2.24) is 14.8 Å². The number of piperidine rings is 2. The SMILES string of the molecule is CCc1cccc(C(O)(C(=O)N2CCC(CC3CCN(c4ccc(C(=O)N(C)C)c(Cl)n4)CC3)CC2)C(F)(F)F)c1. The van der Waals surface area contributed by atoms with Gasteiger partial charge in [0.25, 0.3) is 17.4 Å². The molecule has 7 nitrogen and oxygen atoms in total. The zero-order valence-electron chi connectivity index (χ0n) is 23.8. The van der Waals surface area contributed by atoms with Gasteiger partial charge in [0, 0.05) is 45.8 Å². The summed E-state index contributed by atoms with van der Waals surface area (Å²) in [6.45, 7) is 3.77. The first-order valence-electron chi connectivity index (χ1n) is 14.2. The Morgan fingerprint density at radius 3 is 2.17 bits per heavy atom. The zero-order chi connectivity index (χ0) is 29.9. The van der Waals surface area contributed by atoms with E-state index in [1.54, 1.807) is 26.2 Å². The van der Waals surface area contributed by atoms with Crippen LogP contribution in [0, 0.1) is 11.8 Å². The minimum absolute atomic E-state index is 0.181. The van der Waals surface area contributed by atoms with Gasteiger partial charge < -0.3 is 19.8 Å². The molecule has 0 bridgehead atoms. The van der Waals surface area contributed by atoms with E-state index in [1.807, 2.05) is 13.0 Å². The van der Waals surface area contributed by atoms with Gasteiger partial charge in [-0.25, -0.2) is 4.98 Å². The first kappa shape index (κ1) is 31.1. The van der Waals surface area contributed by atoms with Crippen molar-refractivity contribution in [3.63, 3.8) is 0 Å². The third-order valence-corrected chi connectivity index (χ3v) is 8.74. The second kappa shape index (κ2) is 12.6. The molecule has 2 amide bonds. The average Bonchev–Trinajstić information content (AvgIpc) is 2.96. The molecule has 1 atom stereocenters. The van der Waals surface area contributed by atoms with Gasteiger partial charge in [0.2, 0.25) is 0 Å². The van der Waals surface area contributed by atoms with Crippen molar-refractivity contribution < 1.29 is 27.9 Å². The minimum atomic E-state index is -5.14. The number of benzene rings is 1. The molecule has 0 radical (unpaired) electrons. The summed E-state index contributed by atoms with van der Waals surface area (Å²) in [5.41, 5.74) is -3.01. The molecule has 2 fully saturated rings. The molecule has 224 valence electrons. The third kappa shape index (κ3) is 6.64. The highest BCUT2D eigenvalue weighted by atomic mass is 35.5. The summed E-state index contributed by atoms with van der Waals surface area (Å²) in [6.07, 6.45) is -0.600. The first-order chi connectivity index (χ1) is 19.3. The zero-order valence-corrected chi connectivity index (χ0v) is 24.5. The maximum atomic E-state index is 14.2. The Labute approximate surface area is 244 Å². The highest BCUT2D eigenvalue weighted by molar-refractivity contribution is 6.32. The number of amides is 2. The molecule has 4 rings (SSSR count). The Morgan fingerprint density at radius 1 is 1.02 bits per heavy atom. The average molecular weight is 595 g/mol. The Morgan fingerprint density at radius 2 is 1.63 bits per heavy atom. The molecule has 1 aromatic carbocycles. The summed E-state index contributed by atoms with van der Waals surface area (Å²) in [7, 11) is 3.32. The predicted octanol–water partition coefficient (Wildman–Crippen LogP) is 5.29. The van der Waals surface area contributed by atoms with E-state index in [0.29, 0.717) is 42.2 Å². The largest absolute Gasteiger partial charge is 0.430 e. The summed E-state index contributed by atoms with van der Waals surface area (Å²) in [5, 5.41) is 11.0. The fraction of sp³-hybridized carbons (Fsp3) is 0.567. The number of hydrogen-bond donors (Lipinski definition) is 1. The molecular weight excluding hydrogens is 557 g/mol. The van der Waals surface area contributed by atoms with Crippen LogP contribution in [0.1, 0.15) is 60.5 Å². The molecular formula is C30H38ClF3N4O3. The lowest BCUT2D eigenvalue weighted by Gasteiger charge is -2.40. The topological polar surface area (TPSA) is 77.0 Å². The lowest BCUT2D eigenvalue weighted by Crippen LogP contribution is -2.57. The van der Waals surface area contributed by atoms with Crippen molar-refractivity contribution >= 4 is 29.2 Å². The van der Waals surface area contributed by atoms with Crippen molar-refractivity contribution in [2.75, 3.05) is 45.2 Å². The standard InChI is InChI=1S/C30H38ClF3N4O3/c1-4-20-6-5-7-23(19-20)29(41,30(32,33)34)28(40)38-16-12-22(13-17-38)18-21-10-14-37(15-11-21)25-9-8-24(26(31)35-25)27(39)36(2)3/h5-9,19,21-22,41H,4,10-18H2,1-3H3. The summed E-state index contributed by atoms with van der Waals surface area (Å²) < 4.78 is 42.5. The van der Waals surface area contributed by atoms with Crippen LogP contribution in [0.2, 0.25) is 5.15 Å². The maximum Gasteiger partial charge on any atom is 0.430 e. The van der Waals surface area contributed by atoms with Crippen molar-refractivity contribution in [3.05, 3.63) is 58.2 Å². The maximum absolute atomic E-state index is 14.2. The van der Waals surface area contributed by atoms with E-state index in [2.05, 4.69) is 9.88 Å². The summed E-state index contributed by atoms with van der Waals surface area (Å²) in [5.74, 6) is 0.00955. The second-order valence-electron chi connectivity index (χ2n) is 11.4. The lowest BCUT2D eigenvalue weighted by atomic mass is 9.82. The number of aromatic nitrogens is 1. The van der Waals surface area contributed by atoms with Gasteiger partial charge in [-0.1, -0.05) is 42.8 Å². The molecule has 3 heterocycles. The number of rotatable bonds is 7. The number of nitrogens with zero attached hydrogens (tertiary/aromatic N) is 4. The molecule has 2 aliphatic heterocycles. The fourth-order valence-electron chi connectivity index (χ4n) is 5.90. The van der Waals surface area contributed by atoms with Crippen LogP contribution in [0.4, 0.5) is 19.0 Å². The van der Waals surface area contributed by atoms with Crippen LogP contribution in [0.3, 0.4) is 0 Å². The number of halogens is 4. The molecule has 0 saturated carbocycles. The number of aliphatic hydroxyl groups is 1. The number of hydrogen-bond acceptors (Lipinski definition) is 5. The number of alkyl halides is 3. The molecule has 2 aliphatic rings. The molecule has 41 heavy (non-hydrogen) atoms. The number of pyridine rings is 1. The van der Waals surface area contributed by atoms with Crippen LogP contribution < -0.4 is 4.90 Å². The normalized spacial score (nSPS) is 18.7. The predicted molar refractivity (Wildman–Crippen MR) is 152 cm³/mol. The van der Waals surface area contributed by atoms with E-state index in [4.69, 9.17) is 11.6 Å². The second-order valence-corrected chi connectivity index (χ2v) is 11.7. The van der Waals surface area contributed by atoms with Gasteiger partial charge in [-0.05, 0) is 68.1 Å². The first-order valence-corrected chi connectivity index (χ1v) is 14.5. The van der Waals surface area contributed by atoms with Crippen LogP contribution in [0.5, 0.6) is 0 Å². The molecule has 1 unspecified atom stereocenters. The van der Waals surface area contributed by atoms with E-state index in [0.717, 1.165) is 38.2 Å². The minimum Gasteiger partial charge on any atom is -0.369 e. The van der Waals surface area contributed by atoms with E-state index in [-0.39, 0.29) is 24.1 Å². The summed E-state index contributed by atoms with van der Waals surface area (Å²) >= 11 is 6.29. The van der Waals surface area contributed by atoms with E-state index < -0.39 is 23.2 Å². The highest BCUT2D eigenvalue weighted by Crippen LogP contribution is 2.42. The Balaban J connectivity index is 1.31. The van der Waals surface area contributed by atoms with Crippen LogP contribution in [0.15, 0.2) is 36.4 Å². The fourth-order valence-corrected chi connectivity index (χ4v) is 6.13. The van der Waals surface area contributed by atoms with Crippen LogP contribution in [0.25, 0.3) is 0 Å². The van der Waals surface area contributed by atoms with E-state index in [1.165, 1.54) is 28.0 Å². The number of aryl methyl sites for hydroxylation is 1. The van der Waals surface area contributed by atoms with Crippen molar-refractivity contribution in [2.45, 2.75) is 57.2 Å². The smallest absolute Gasteiger partial charge is 0.369 e. The lowest BCUT2D eigenvalue weighted by molar-refractivity contribution is -0.262. The molecule has 1 N–H and O–H groups in total. The molecule has 2 saturated heterocycles. The molecule has 11 heteroatoms. The van der Waals surface area contributed by atoms with Crippen LogP contribution in [-0.2, 0) is 16.8 Å². The number of likely N-dealkylation sites (tertiary alicyclic amines) is 1. The molecule has 0 aliphatic carbocycles. The van der Waals surface area contributed by atoms with Crippen LogP contribution in [-0.4, -0.2) is 78.2 Å². The van der Waals surface area contributed by atoms with Crippen molar-refractivity contribution in [1.29, 1.82) is 0 Å².